The summed E-state index contributed by atoms with van der Waals surface area (Å²) in [6.45, 7) is 5.83. The van der Waals surface area contributed by atoms with Crippen molar-refractivity contribution < 1.29 is 9.53 Å². The molecule has 122 valence electrons. The Balaban J connectivity index is 1.77. The first-order valence-corrected chi connectivity index (χ1v) is 8.12. The van der Waals surface area contributed by atoms with Gasteiger partial charge in [-0.1, -0.05) is 48.0 Å². The van der Waals surface area contributed by atoms with Crippen molar-refractivity contribution in [3.8, 4) is 5.75 Å². The summed E-state index contributed by atoms with van der Waals surface area (Å²) in [6.07, 6.45) is 1.36. The number of carbonyl (C=O) groups excluding carboxylic acids is 1. The Hall–Kier alpha value is -2.29. The van der Waals surface area contributed by atoms with Crippen molar-refractivity contribution in [1.29, 1.82) is 0 Å². The maximum absolute atomic E-state index is 12.2. The van der Waals surface area contributed by atoms with E-state index in [4.69, 9.17) is 4.74 Å². The van der Waals surface area contributed by atoms with Crippen LogP contribution in [0.1, 0.15) is 31.4 Å². The molecule has 0 fully saturated rings. The van der Waals surface area contributed by atoms with E-state index >= 15 is 0 Å². The van der Waals surface area contributed by atoms with E-state index in [1.54, 1.807) is 6.92 Å². The third-order valence-electron chi connectivity index (χ3n) is 3.80. The van der Waals surface area contributed by atoms with E-state index < -0.39 is 6.10 Å². The Morgan fingerprint density at radius 2 is 1.70 bits per heavy atom. The lowest BCUT2D eigenvalue weighted by atomic mass is 10.1. The molecule has 0 bridgehead atoms. The van der Waals surface area contributed by atoms with Crippen LogP contribution in [0, 0.1) is 6.92 Å². The fraction of sp³-hybridized carbons (Fsp3) is 0.350. The van der Waals surface area contributed by atoms with Gasteiger partial charge >= 0.3 is 0 Å². The summed E-state index contributed by atoms with van der Waals surface area (Å²) in [6, 6.07) is 18.1. The van der Waals surface area contributed by atoms with E-state index in [2.05, 4.69) is 17.4 Å². The van der Waals surface area contributed by atoms with Gasteiger partial charge in [0.15, 0.2) is 6.10 Å². The van der Waals surface area contributed by atoms with Crippen LogP contribution in [-0.2, 0) is 11.2 Å². The molecular formula is C20H25NO2. The average molecular weight is 311 g/mol. The standard InChI is InChI=1S/C20H25NO2/c1-15-9-13-19(14-10-15)23-17(3)20(22)21-16(2)11-12-18-7-5-4-6-8-18/h4-10,13-14,16-17H,11-12H2,1-3H3,(H,21,22). The zero-order chi connectivity index (χ0) is 16.7. The monoisotopic (exact) mass is 311 g/mol. The number of benzene rings is 2. The second kappa shape index (κ2) is 8.37. The Kier molecular flexibility index (Phi) is 6.21. The number of amides is 1. The summed E-state index contributed by atoms with van der Waals surface area (Å²) in [5.74, 6) is 0.640. The minimum Gasteiger partial charge on any atom is -0.481 e. The molecule has 3 heteroatoms. The van der Waals surface area contributed by atoms with Crippen molar-refractivity contribution in [2.75, 3.05) is 0 Å². The second-order valence-corrected chi connectivity index (χ2v) is 6.01. The third kappa shape index (κ3) is 5.78. The number of carbonyl (C=O) groups is 1. The van der Waals surface area contributed by atoms with Gasteiger partial charge in [-0.3, -0.25) is 4.79 Å². The molecule has 2 rings (SSSR count). The van der Waals surface area contributed by atoms with Gasteiger partial charge < -0.3 is 10.1 Å². The molecule has 23 heavy (non-hydrogen) atoms. The Morgan fingerprint density at radius 3 is 2.35 bits per heavy atom. The lowest BCUT2D eigenvalue weighted by Crippen LogP contribution is -2.41. The molecule has 0 aromatic heterocycles. The highest BCUT2D eigenvalue weighted by molar-refractivity contribution is 5.80. The first-order valence-electron chi connectivity index (χ1n) is 8.12. The molecule has 2 aromatic rings. The van der Waals surface area contributed by atoms with Crippen LogP contribution in [0.5, 0.6) is 5.75 Å². The summed E-state index contributed by atoms with van der Waals surface area (Å²) >= 11 is 0. The van der Waals surface area contributed by atoms with Crippen LogP contribution in [0.4, 0.5) is 0 Å². The van der Waals surface area contributed by atoms with Crippen LogP contribution in [0.15, 0.2) is 54.6 Å². The summed E-state index contributed by atoms with van der Waals surface area (Å²) < 4.78 is 5.68. The smallest absolute Gasteiger partial charge is 0.260 e. The molecule has 2 atom stereocenters. The molecule has 0 saturated heterocycles. The summed E-state index contributed by atoms with van der Waals surface area (Å²) in [5.41, 5.74) is 2.46. The Bertz CT molecular complexity index is 607. The van der Waals surface area contributed by atoms with Crippen LogP contribution in [0.2, 0.25) is 0 Å². The predicted octanol–water partition coefficient (Wildman–Crippen LogP) is 3.90. The first-order chi connectivity index (χ1) is 11.0. The lowest BCUT2D eigenvalue weighted by Gasteiger charge is -2.19. The fourth-order valence-corrected chi connectivity index (χ4v) is 2.33. The van der Waals surface area contributed by atoms with E-state index in [0.717, 1.165) is 18.6 Å². The molecule has 0 saturated carbocycles. The number of ether oxygens (including phenoxy) is 1. The molecule has 1 N–H and O–H groups in total. The topological polar surface area (TPSA) is 38.3 Å². The number of hydrogen-bond donors (Lipinski definition) is 1. The van der Waals surface area contributed by atoms with Crippen molar-refractivity contribution >= 4 is 5.91 Å². The second-order valence-electron chi connectivity index (χ2n) is 6.01. The lowest BCUT2D eigenvalue weighted by molar-refractivity contribution is -0.127. The van der Waals surface area contributed by atoms with Crippen molar-refractivity contribution in [2.24, 2.45) is 0 Å². The highest BCUT2D eigenvalue weighted by Gasteiger charge is 2.16. The minimum absolute atomic E-state index is 0.0777. The molecule has 1 amide bonds. The molecule has 2 unspecified atom stereocenters. The van der Waals surface area contributed by atoms with Crippen LogP contribution in [0.25, 0.3) is 0 Å². The Labute approximate surface area is 138 Å². The van der Waals surface area contributed by atoms with Gasteiger partial charge in [0.25, 0.3) is 5.91 Å². The average Bonchev–Trinajstić information content (AvgIpc) is 2.56. The predicted molar refractivity (Wildman–Crippen MR) is 93.6 cm³/mol. The number of hydrogen-bond acceptors (Lipinski definition) is 2. The van der Waals surface area contributed by atoms with Gasteiger partial charge in [0, 0.05) is 6.04 Å². The van der Waals surface area contributed by atoms with Crippen molar-refractivity contribution in [1.82, 2.24) is 5.32 Å². The number of aryl methyl sites for hydroxylation is 2. The maximum Gasteiger partial charge on any atom is 0.260 e. The zero-order valence-corrected chi connectivity index (χ0v) is 14.1. The van der Waals surface area contributed by atoms with Gasteiger partial charge in [0.1, 0.15) is 5.75 Å². The zero-order valence-electron chi connectivity index (χ0n) is 14.1. The molecule has 0 heterocycles. The molecular weight excluding hydrogens is 286 g/mol. The van der Waals surface area contributed by atoms with Gasteiger partial charge in [-0.25, -0.2) is 0 Å². The summed E-state index contributed by atoms with van der Waals surface area (Å²) in [7, 11) is 0. The van der Waals surface area contributed by atoms with Gasteiger partial charge in [-0.05, 0) is 51.3 Å². The van der Waals surface area contributed by atoms with Crippen molar-refractivity contribution in [3.05, 3.63) is 65.7 Å². The molecule has 0 radical (unpaired) electrons. The van der Waals surface area contributed by atoms with E-state index in [-0.39, 0.29) is 11.9 Å². The van der Waals surface area contributed by atoms with Crippen LogP contribution in [0.3, 0.4) is 0 Å². The van der Waals surface area contributed by atoms with Crippen molar-refractivity contribution in [2.45, 2.75) is 45.8 Å². The number of rotatable bonds is 7. The fourth-order valence-electron chi connectivity index (χ4n) is 2.33. The van der Waals surface area contributed by atoms with Gasteiger partial charge in [0.2, 0.25) is 0 Å². The molecule has 2 aromatic carbocycles. The number of nitrogens with one attached hydrogen (secondary N) is 1. The highest BCUT2D eigenvalue weighted by atomic mass is 16.5. The molecule has 0 aliphatic rings. The SMILES string of the molecule is Cc1ccc(OC(C)C(=O)NC(C)CCc2ccccc2)cc1. The Morgan fingerprint density at radius 1 is 1.04 bits per heavy atom. The normalized spacial score (nSPS) is 13.2. The van der Waals surface area contributed by atoms with Gasteiger partial charge in [-0.2, -0.15) is 0 Å². The van der Waals surface area contributed by atoms with Crippen molar-refractivity contribution in [3.63, 3.8) is 0 Å². The first kappa shape index (κ1) is 17.1. The molecule has 3 nitrogen and oxygen atoms in total. The quantitative estimate of drug-likeness (QED) is 0.842. The maximum atomic E-state index is 12.2. The summed E-state index contributed by atoms with van der Waals surface area (Å²) in [5, 5.41) is 3.02. The third-order valence-corrected chi connectivity index (χ3v) is 3.80. The molecule has 0 aliphatic heterocycles. The van der Waals surface area contributed by atoms with E-state index in [0.29, 0.717) is 0 Å². The van der Waals surface area contributed by atoms with E-state index in [1.807, 2.05) is 56.3 Å². The van der Waals surface area contributed by atoms with E-state index in [9.17, 15) is 4.79 Å². The molecule has 0 aliphatic carbocycles. The largest absolute Gasteiger partial charge is 0.481 e. The van der Waals surface area contributed by atoms with Gasteiger partial charge in [-0.15, -0.1) is 0 Å². The molecule has 0 spiro atoms. The van der Waals surface area contributed by atoms with Crippen LogP contribution < -0.4 is 10.1 Å². The summed E-state index contributed by atoms with van der Waals surface area (Å²) in [4.78, 5) is 12.2. The van der Waals surface area contributed by atoms with Crippen LogP contribution >= 0.6 is 0 Å². The highest BCUT2D eigenvalue weighted by Crippen LogP contribution is 2.13. The van der Waals surface area contributed by atoms with Crippen LogP contribution in [-0.4, -0.2) is 18.1 Å². The minimum atomic E-state index is -0.503. The van der Waals surface area contributed by atoms with E-state index in [1.165, 1.54) is 11.1 Å². The van der Waals surface area contributed by atoms with Gasteiger partial charge in [0.05, 0.1) is 0 Å².